The highest BCUT2D eigenvalue weighted by Gasteiger charge is 2.47. The Kier molecular flexibility index (Phi) is 5.85. The molecular formula is C21H17Cl2F3N4O. The Morgan fingerprint density at radius 1 is 1.13 bits per heavy atom. The number of alkyl halides is 3. The van der Waals surface area contributed by atoms with Crippen LogP contribution in [0.15, 0.2) is 54.6 Å². The van der Waals surface area contributed by atoms with Gasteiger partial charge in [0.25, 0.3) is 5.91 Å². The van der Waals surface area contributed by atoms with E-state index in [1.807, 2.05) is 0 Å². The maximum absolute atomic E-state index is 13.8. The van der Waals surface area contributed by atoms with E-state index in [9.17, 15) is 18.0 Å². The van der Waals surface area contributed by atoms with Crippen LogP contribution in [0, 0.1) is 0 Å². The maximum atomic E-state index is 13.8. The zero-order valence-corrected chi connectivity index (χ0v) is 17.5. The smallest absolute Gasteiger partial charge is 0.362 e. The van der Waals surface area contributed by atoms with Crippen LogP contribution in [-0.4, -0.2) is 21.9 Å². The van der Waals surface area contributed by atoms with Crippen LogP contribution in [0.5, 0.6) is 0 Å². The van der Waals surface area contributed by atoms with Crippen molar-refractivity contribution in [2.75, 3.05) is 5.32 Å². The fraction of sp³-hybridized carbons (Fsp3) is 0.238. The number of hydrogen-bond acceptors (Lipinski definition) is 3. The molecule has 0 radical (unpaired) electrons. The standard InChI is InChI=1S/C21H17Cl2F3N4O/c22-14-8-6-12(7-9-14)11-27-20(31)18-17(23)19-28-15(13-4-2-1-3-5-13)10-16(21(24,25)26)30(19)29-18/h1-9,15-16,28H,10-11H2,(H,27,31). The molecule has 0 saturated carbocycles. The average Bonchev–Trinajstić information content (AvgIpc) is 3.09. The molecule has 10 heteroatoms. The fourth-order valence-corrected chi connectivity index (χ4v) is 3.90. The summed E-state index contributed by atoms with van der Waals surface area (Å²) in [5.41, 5.74) is 1.20. The van der Waals surface area contributed by atoms with Crippen LogP contribution in [0.2, 0.25) is 10.0 Å². The Labute approximate surface area is 186 Å². The molecule has 2 atom stereocenters. The Hall–Kier alpha value is -2.71. The Morgan fingerprint density at radius 2 is 1.81 bits per heavy atom. The van der Waals surface area contributed by atoms with Gasteiger partial charge < -0.3 is 10.6 Å². The summed E-state index contributed by atoms with van der Waals surface area (Å²) in [5.74, 6) is -0.693. The molecular weight excluding hydrogens is 452 g/mol. The first-order chi connectivity index (χ1) is 14.7. The lowest BCUT2D eigenvalue weighted by Gasteiger charge is -2.33. The number of benzene rings is 2. The molecule has 2 unspecified atom stereocenters. The zero-order valence-electron chi connectivity index (χ0n) is 16.0. The van der Waals surface area contributed by atoms with Crippen molar-refractivity contribution in [2.24, 2.45) is 0 Å². The van der Waals surface area contributed by atoms with Gasteiger partial charge >= 0.3 is 6.18 Å². The molecule has 1 aliphatic heterocycles. The molecule has 2 heterocycles. The molecule has 162 valence electrons. The molecule has 0 bridgehead atoms. The van der Waals surface area contributed by atoms with Crippen molar-refractivity contribution in [3.05, 3.63) is 81.5 Å². The second-order valence-corrected chi connectivity index (χ2v) is 7.98. The predicted molar refractivity (Wildman–Crippen MR) is 112 cm³/mol. The van der Waals surface area contributed by atoms with Crippen molar-refractivity contribution >= 4 is 34.9 Å². The van der Waals surface area contributed by atoms with Crippen molar-refractivity contribution < 1.29 is 18.0 Å². The van der Waals surface area contributed by atoms with E-state index in [4.69, 9.17) is 23.2 Å². The Bertz CT molecular complexity index is 1080. The van der Waals surface area contributed by atoms with E-state index in [1.165, 1.54) is 0 Å². The van der Waals surface area contributed by atoms with Crippen molar-refractivity contribution in [3.8, 4) is 0 Å². The van der Waals surface area contributed by atoms with Gasteiger partial charge in [-0.15, -0.1) is 0 Å². The monoisotopic (exact) mass is 468 g/mol. The van der Waals surface area contributed by atoms with Gasteiger partial charge in [0.15, 0.2) is 11.7 Å². The number of hydrogen-bond donors (Lipinski definition) is 2. The predicted octanol–water partition coefficient (Wildman–Crippen LogP) is 5.78. The summed E-state index contributed by atoms with van der Waals surface area (Å²) >= 11 is 12.2. The van der Waals surface area contributed by atoms with Crippen molar-refractivity contribution in [3.63, 3.8) is 0 Å². The summed E-state index contributed by atoms with van der Waals surface area (Å²) in [4.78, 5) is 12.6. The van der Waals surface area contributed by atoms with Crippen LogP contribution < -0.4 is 10.6 Å². The number of halogens is 5. The molecule has 5 nitrogen and oxygen atoms in total. The van der Waals surface area contributed by atoms with E-state index in [0.29, 0.717) is 10.6 Å². The van der Waals surface area contributed by atoms with E-state index < -0.39 is 24.2 Å². The molecule has 2 N–H and O–H groups in total. The highest BCUT2D eigenvalue weighted by Crippen LogP contribution is 2.46. The van der Waals surface area contributed by atoms with Crippen LogP contribution in [0.4, 0.5) is 19.0 Å². The number of anilines is 1. The molecule has 0 spiro atoms. The van der Waals surface area contributed by atoms with Gasteiger partial charge in [0.2, 0.25) is 0 Å². The minimum absolute atomic E-state index is 0.0271. The number of rotatable bonds is 4. The van der Waals surface area contributed by atoms with Crippen LogP contribution in [0.1, 0.15) is 40.1 Å². The lowest BCUT2D eigenvalue weighted by molar-refractivity contribution is -0.173. The van der Waals surface area contributed by atoms with Crippen molar-refractivity contribution in [1.29, 1.82) is 0 Å². The third-order valence-electron chi connectivity index (χ3n) is 5.08. The summed E-state index contributed by atoms with van der Waals surface area (Å²) in [6.45, 7) is 0.150. The van der Waals surface area contributed by atoms with Crippen LogP contribution in [-0.2, 0) is 6.54 Å². The lowest BCUT2D eigenvalue weighted by atomic mass is 9.97. The number of nitrogens with one attached hydrogen (secondary N) is 2. The zero-order chi connectivity index (χ0) is 22.2. The van der Waals surface area contributed by atoms with Gasteiger partial charge in [-0.25, -0.2) is 4.68 Å². The van der Waals surface area contributed by atoms with Gasteiger partial charge in [-0.2, -0.15) is 18.3 Å². The van der Waals surface area contributed by atoms with Gasteiger partial charge in [0, 0.05) is 18.0 Å². The molecule has 0 saturated heterocycles. The molecule has 0 aliphatic carbocycles. The number of carbonyl (C=O) groups excluding carboxylic acids is 1. The normalized spacial score (nSPS) is 18.2. The molecule has 0 fully saturated rings. The first-order valence-corrected chi connectivity index (χ1v) is 10.2. The van der Waals surface area contributed by atoms with Crippen molar-refractivity contribution in [1.82, 2.24) is 15.1 Å². The number of aromatic nitrogens is 2. The summed E-state index contributed by atoms with van der Waals surface area (Å²) < 4.78 is 42.2. The summed E-state index contributed by atoms with van der Waals surface area (Å²) in [6, 6.07) is 13.0. The molecule has 1 aliphatic rings. The summed E-state index contributed by atoms with van der Waals surface area (Å²) in [6.07, 6.45) is -4.83. The highest BCUT2D eigenvalue weighted by atomic mass is 35.5. The molecule has 31 heavy (non-hydrogen) atoms. The van der Waals surface area contributed by atoms with E-state index >= 15 is 0 Å². The van der Waals surface area contributed by atoms with Gasteiger partial charge in [-0.05, 0) is 23.3 Å². The van der Waals surface area contributed by atoms with E-state index in [0.717, 1.165) is 10.2 Å². The van der Waals surface area contributed by atoms with Gasteiger partial charge in [0.1, 0.15) is 10.8 Å². The Balaban J connectivity index is 1.62. The number of amides is 1. The van der Waals surface area contributed by atoms with Crippen LogP contribution in [0.25, 0.3) is 0 Å². The largest absolute Gasteiger partial charge is 0.410 e. The van der Waals surface area contributed by atoms with Crippen LogP contribution in [0.3, 0.4) is 0 Å². The molecule has 1 aromatic heterocycles. The first-order valence-electron chi connectivity index (χ1n) is 9.43. The SMILES string of the molecule is O=C(NCc1ccc(Cl)cc1)c1nn2c(c1Cl)NC(c1ccccc1)CC2C(F)(F)F. The third-order valence-corrected chi connectivity index (χ3v) is 5.69. The summed E-state index contributed by atoms with van der Waals surface area (Å²) in [5, 5.41) is 9.97. The topological polar surface area (TPSA) is 59.0 Å². The van der Waals surface area contributed by atoms with Gasteiger partial charge in [-0.3, -0.25) is 4.79 Å². The molecule has 3 aromatic rings. The van der Waals surface area contributed by atoms with Crippen LogP contribution >= 0.6 is 23.2 Å². The van der Waals surface area contributed by atoms with E-state index in [-0.39, 0.29) is 29.5 Å². The second kappa shape index (κ2) is 8.43. The minimum atomic E-state index is -4.56. The average molecular weight is 469 g/mol. The number of carbonyl (C=O) groups is 1. The fourth-order valence-electron chi connectivity index (χ4n) is 3.51. The van der Waals surface area contributed by atoms with Gasteiger partial charge in [-0.1, -0.05) is 65.7 Å². The molecule has 2 aromatic carbocycles. The second-order valence-electron chi connectivity index (χ2n) is 7.17. The Morgan fingerprint density at radius 3 is 2.45 bits per heavy atom. The maximum Gasteiger partial charge on any atom is 0.410 e. The van der Waals surface area contributed by atoms with Crippen molar-refractivity contribution in [2.45, 2.75) is 31.2 Å². The number of fused-ring (bicyclic) bond motifs is 1. The van der Waals surface area contributed by atoms with E-state index in [1.54, 1.807) is 54.6 Å². The van der Waals surface area contributed by atoms with Gasteiger partial charge in [0.05, 0.1) is 6.04 Å². The molecule has 4 rings (SSSR count). The van der Waals surface area contributed by atoms with E-state index in [2.05, 4.69) is 15.7 Å². The lowest BCUT2D eigenvalue weighted by Crippen LogP contribution is -2.35. The quantitative estimate of drug-likeness (QED) is 0.510. The number of nitrogens with zero attached hydrogens (tertiary/aromatic N) is 2. The minimum Gasteiger partial charge on any atom is -0.362 e. The first kappa shape index (κ1) is 21.5. The molecule has 1 amide bonds. The highest BCUT2D eigenvalue weighted by molar-refractivity contribution is 6.36. The third kappa shape index (κ3) is 4.50. The summed E-state index contributed by atoms with van der Waals surface area (Å²) in [7, 11) is 0.